The molecule has 10 aromatic carbocycles. The maximum absolute atomic E-state index is 15.2. The Kier molecular flexibility index (Phi) is 9.20. The van der Waals surface area contributed by atoms with E-state index in [1.807, 2.05) is 124 Å². The summed E-state index contributed by atoms with van der Waals surface area (Å²) in [5.41, 5.74) is 5.95. The zero-order valence-corrected chi connectivity index (χ0v) is 38.7. The average Bonchev–Trinajstić information content (AvgIpc) is 4.15. The number of fused-ring (bicyclic) bond motifs is 12. The maximum atomic E-state index is 15.2. The largest absolute Gasteiger partial charge is 0.416 e. The third kappa shape index (κ3) is 6.31. The Balaban J connectivity index is 1.08. The van der Waals surface area contributed by atoms with Crippen LogP contribution in [0.3, 0.4) is 0 Å². The summed E-state index contributed by atoms with van der Waals surface area (Å²) >= 11 is 0. The third-order valence-electron chi connectivity index (χ3n) is 14.6. The highest BCUT2D eigenvalue weighted by atomic mass is 19.4. The lowest BCUT2D eigenvalue weighted by Gasteiger charge is -2.22. The smallest absolute Gasteiger partial charge is 0.309 e. The van der Waals surface area contributed by atoms with Crippen LogP contribution in [0.5, 0.6) is 0 Å². The Morgan fingerprint density at radius 2 is 0.662 bits per heavy atom. The number of para-hydroxylation sites is 6. The molecule has 0 amide bonds. The lowest BCUT2D eigenvalue weighted by atomic mass is 9.94. The van der Waals surface area contributed by atoms with E-state index in [1.165, 1.54) is 0 Å². The van der Waals surface area contributed by atoms with Gasteiger partial charge in [0.2, 0.25) is 0 Å². The van der Waals surface area contributed by atoms with Crippen molar-refractivity contribution in [1.29, 1.82) is 0 Å². The number of halogens is 6. The van der Waals surface area contributed by atoms with Gasteiger partial charge in [0.05, 0.1) is 73.2 Å². The lowest BCUT2D eigenvalue weighted by Crippen LogP contribution is -2.12. The number of alkyl halides is 6. The minimum atomic E-state index is -5.20. The first-order valence-corrected chi connectivity index (χ1v) is 23.8. The van der Waals surface area contributed by atoms with Crippen molar-refractivity contribution >= 4 is 92.9 Å². The molecule has 0 saturated carbocycles. The van der Waals surface area contributed by atoms with Crippen molar-refractivity contribution in [2.75, 3.05) is 0 Å². The second-order valence-electron chi connectivity index (χ2n) is 18.6. The molecule has 0 radical (unpaired) electrons. The lowest BCUT2D eigenvalue weighted by molar-refractivity contribution is -0.142. The molecule has 74 heavy (non-hydrogen) atoms. The van der Waals surface area contributed by atoms with Gasteiger partial charge in [0.25, 0.3) is 0 Å². The van der Waals surface area contributed by atoms with Gasteiger partial charge in [-0.15, -0.1) is 0 Å². The molecule has 11 heteroatoms. The van der Waals surface area contributed by atoms with Gasteiger partial charge in [-0.05, 0) is 108 Å². The van der Waals surface area contributed by atoms with Crippen molar-refractivity contribution in [3.05, 3.63) is 235 Å². The molecule has 354 valence electrons. The third-order valence-corrected chi connectivity index (χ3v) is 14.6. The predicted molar refractivity (Wildman–Crippen MR) is 286 cm³/mol. The van der Waals surface area contributed by atoms with Crippen molar-refractivity contribution in [2.24, 2.45) is 0 Å². The molecule has 0 N–H and O–H groups in total. The predicted octanol–water partition coefficient (Wildman–Crippen LogP) is 18.3. The molecular formula is C63H35F6N5. The molecule has 0 aliphatic heterocycles. The standard InChI is InChI=1S/C63H35F6N5/c1-70-51-36-61(74-57-25-13-7-19-46(57)49-34-39(28-31-59(49)74)72-54-22-10-4-16-43(54)44-17-5-11-23-55(44)72)60(35-47(51)40-29-26-37(62(64,65)66)32-50(40)63(67,68)69)73-56-24-12-6-18-45(56)48-33-38(27-30-58(48)73)71-52-20-8-2-14-41(52)42-15-3-9-21-53(42)71/h2-36H. The Bertz CT molecular complexity index is 4620. The zero-order valence-electron chi connectivity index (χ0n) is 38.7. The van der Waals surface area contributed by atoms with E-state index in [-0.39, 0.29) is 17.3 Å². The van der Waals surface area contributed by atoms with Gasteiger partial charge in [0.15, 0.2) is 5.69 Å². The number of hydrogen-bond acceptors (Lipinski definition) is 0. The number of nitrogens with zero attached hydrogens (tertiary/aromatic N) is 5. The Morgan fingerprint density at radius 3 is 1.04 bits per heavy atom. The van der Waals surface area contributed by atoms with Crippen LogP contribution in [-0.4, -0.2) is 18.3 Å². The van der Waals surface area contributed by atoms with E-state index in [1.54, 1.807) is 12.1 Å². The van der Waals surface area contributed by atoms with Crippen LogP contribution >= 0.6 is 0 Å². The molecular weight excluding hydrogens is 941 g/mol. The summed E-state index contributed by atoms with van der Waals surface area (Å²) in [5.74, 6) is 0. The summed E-state index contributed by atoms with van der Waals surface area (Å²) in [4.78, 5) is 3.85. The number of aromatic nitrogens is 4. The van der Waals surface area contributed by atoms with Crippen LogP contribution < -0.4 is 0 Å². The summed E-state index contributed by atoms with van der Waals surface area (Å²) in [5, 5.41) is 7.90. The van der Waals surface area contributed by atoms with E-state index in [4.69, 9.17) is 6.57 Å². The Labute approximate surface area is 417 Å². The summed E-state index contributed by atoms with van der Waals surface area (Å²) < 4.78 is 96.4. The fourth-order valence-corrected chi connectivity index (χ4v) is 11.5. The normalized spacial score (nSPS) is 12.4. The van der Waals surface area contributed by atoms with Gasteiger partial charge in [-0.25, -0.2) is 4.85 Å². The topological polar surface area (TPSA) is 24.1 Å². The number of hydrogen-bond donors (Lipinski definition) is 0. The minimum absolute atomic E-state index is 0.134. The van der Waals surface area contributed by atoms with Crippen LogP contribution in [0.1, 0.15) is 11.1 Å². The average molecular weight is 976 g/mol. The molecule has 0 fully saturated rings. The van der Waals surface area contributed by atoms with Gasteiger partial charge >= 0.3 is 12.4 Å². The van der Waals surface area contributed by atoms with Crippen LogP contribution in [0.25, 0.3) is 126 Å². The van der Waals surface area contributed by atoms with Gasteiger partial charge in [0, 0.05) is 54.5 Å². The van der Waals surface area contributed by atoms with Gasteiger partial charge in [0.1, 0.15) is 0 Å². The van der Waals surface area contributed by atoms with Gasteiger partial charge in [-0.3, -0.25) is 0 Å². The molecule has 14 rings (SSSR count). The highest BCUT2D eigenvalue weighted by Crippen LogP contribution is 2.48. The molecule has 0 aliphatic carbocycles. The Hall–Kier alpha value is -9.53. The number of rotatable bonds is 5. The van der Waals surface area contributed by atoms with Crippen molar-refractivity contribution in [3.63, 3.8) is 0 Å². The minimum Gasteiger partial charge on any atom is -0.309 e. The molecule has 0 unspecified atom stereocenters. The van der Waals surface area contributed by atoms with Crippen molar-refractivity contribution < 1.29 is 26.3 Å². The summed E-state index contributed by atoms with van der Waals surface area (Å²) in [7, 11) is 0. The number of benzene rings is 10. The van der Waals surface area contributed by atoms with Crippen LogP contribution in [0.4, 0.5) is 32.0 Å². The van der Waals surface area contributed by atoms with Crippen LogP contribution in [0.15, 0.2) is 212 Å². The van der Waals surface area contributed by atoms with Crippen molar-refractivity contribution in [2.45, 2.75) is 12.4 Å². The monoisotopic (exact) mass is 975 g/mol. The van der Waals surface area contributed by atoms with E-state index in [2.05, 4.69) is 80.7 Å². The van der Waals surface area contributed by atoms with E-state index >= 15 is 13.2 Å². The molecule has 4 aromatic heterocycles. The van der Waals surface area contributed by atoms with Crippen molar-refractivity contribution in [3.8, 4) is 33.9 Å². The fraction of sp³-hybridized carbons (Fsp3) is 0.0317. The fourth-order valence-electron chi connectivity index (χ4n) is 11.5. The molecule has 0 aliphatic rings. The van der Waals surface area contributed by atoms with E-state index in [0.717, 1.165) is 105 Å². The summed E-state index contributed by atoms with van der Waals surface area (Å²) in [6.45, 7) is 8.55. The summed E-state index contributed by atoms with van der Waals surface area (Å²) in [6, 6.07) is 65.7. The van der Waals surface area contributed by atoms with Gasteiger partial charge in [-0.1, -0.05) is 115 Å². The second kappa shape index (κ2) is 15.7. The summed E-state index contributed by atoms with van der Waals surface area (Å²) in [6.07, 6.45) is -10.2. The van der Waals surface area contributed by atoms with Crippen molar-refractivity contribution in [1.82, 2.24) is 18.3 Å². The molecule has 14 aromatic rings. The van der Waals surface area contributed by atoms with Crippen LogP contribution in [-0.2, 0) is 12.4 Å². The second-order valence-corrected chi connectivity index (χ2v) is 18.6. The first-order valence-electron chi connectivity index (χ1n) is 23.8. The molecule has 0 bridgehead atoms. The highest BCUT2D eigenvalue weighted by Gasteiger charge is 2.39. The van der Waals surface area contributed by atoms with Crippen LogP contribution in [0, 0.1) is 6.57 Å². The highest BCUT2D eigenvalue weighted by molar-refractivity contribution is 6.15. The quantitative estimate of drug-likeness (QED) is 0.121. The first kappa shape index (κ1) is 43.3. The van der Waals surface area contributed by atoms with Gasteiger partial charge in [-0.2, -0.15) is 26.3 Å². The van der Waals surface area contributed by atoms with E-state index < -0.39 is 29.0 Å². The Morgan fingerprint density at radius 1 is 0.311 bits per heavy atom. The SMILES string of the molecule is [C-]#[N+]c1cc(-n2c3ccccc3c3cc(-n4c5ccccc5c5ccccc54)ccc32)c(-n2c3ccccc3c3cc(-n4c5ccccc5c5ccccc54)ccc32)cc1-c1ccc(C(F)(F)F)cc1C(F)(F)F. The molecule has 5 nitrogen and oxygen atoms in total. The van der Waals surface area contributed by atoms with E-state index in [0.29, 0.717) is 17.4 Å². The molecule has 4 heterocycles. The zero-order chi connectivity index (χ0) is 50.2. The van der Waals surface area contributed by atoms with E-state index in [9.17, 15) is 13.2 Å². The first-order chi connectivity index (χ1) is 36.0. The van der Waals surface area contributed by atoms with Gasteiger partial charge < -0.3 is 18.3 Å². The molecule has 0 spiro atoms. The molecule has 0 saturated heterocycles. The molecule has 0 atom stereocenters. The van der Waals surface area contributed by atoms with Crippen LogP contribution in [0.2, 0.25) is 0 Å². The maximum Gasteiger partial charge on any atom is 0.416 e.